The summed E-state index contributed by atoms with van der Waals surface area (Å²) >= 11 is 0. The number of benzene rings is 7. The first-order valence-electron chi connectivity index (χ1n) is 16.7. The normalized spacial score (nSPS) is 13.0. The van der Waals surface area contributed by atoms with Crippen LogP contribution in [0.25, 0.3) is 10.8 Å². The fourth-order valence-electron chi connectivity index (χ4n) is 7.60. The molecule has 0 radical (unpaired) electrons. The Kier molecular flexibility index (Phi) is 6.48. The second-order valence-corrected chi connectivity index (χ2v) is 13.8. The van der Waals surface area contributed by atoms with Gasteiger partial charge in [0.05, 0.1) is 5.69 Å². The van der Waals surface area contributed by atoms with E-state index in [1.54, 1.807) is 0 Å². The molecule has 2 aliphatic heterocycles. The second kappa shape index (κ2) is 10.9. The summed E-state index contributed by atoms with van der Waals surface area (Å²) in [5.74, 6) is 1.83. The minimum atomic E-state index is -0.0735. The fourth-order valence-corrected chi connectivity index (χ4v) is 7.60. The molecule has 0 unspecified atom stereocenters. The molecule has 0 aliphatic carbocycles. The highest BCUT2D eigenvalue weighted by Crippen LogP contribution is 2.46. The van der Waals surface area contributed by atoms with E-state index in [0.717, 1.165) is 34.2 Å². The van der Waals surface area contributed by atoms with Crippen LogP contribution in [-0.2, 0) is 5.41 Å². The highest BCUT2D eigenvalue weighted by atomic mass is 16.5. The molecular weight excluding hydrogens is 583 g/mol. The molecule has 4 heteroatoms. The van der Waals surface area contributed by atoms with E-state index in [9.17, 15) is 0 Å². The highest BCUT2D eigenvalue weighted by Gasteiger charge is 2.43. The zero-order chi connectivity index (χ0) is 32.4. The molecular formula is C44H35BN2O. The van der Waals surface area contributed by atoms with Gasteiger partial charge in [-0.25, -0.2) is 0 Å². The molecule has 2 aliphatic rings. The van der Waals surface area contributed by atoms with Crippen molar-refractivity contribution in [2.75, 3.05) is 9.80 Å². The monoisotopic (exact) mass is 618 g/mol. The Bertz CT molecular complexity index is 2270. The molecule has 0 spiro atoms. The van der Waals surface area contributed by atoms with Gasteiger partial charge in [0.2, 0.25) is 0 Å². The van der Waals surface area contributed by atoms with Crippen molar-refractivity contribution in [1.82, 2.24) is 0 Å². The topological polar surface area (TPSA) is 15.7 Å². The van der Waals surface area contributed by atoms with Gasteiger partial charge in [-0.3, -0.25) is 0 Å². The number of fused-ring (bicyclic) bond motifs is 6. The van der Waals surface area contributed by atoms with Crippen molar-refractivity contribution >= 4 is 68.0 Å². The van der Waals surface area contributed by atoms with Gasteiger partial charge in [-0.05, 0) is 87.4 Å². The van der Waals surface area contributed by atoms with Gasteiger partial charge in [0.25, 0.3) is 6.71 Å². The van der Waals surface area contributed by atoms with Crippen LogP contribution in [0.15, 0.2) is 158 Å². The van der Waals surface area contributed by atoms with Crippen LogP contribution in [0.5, 0.6) is 11.5 Å². The van der Waals surface area contributed by atoms with E-state index in [1.807, 2.05) is 0 Å². The predicted molar refractivity (Wildman–Crippen MR) is 203 cm³/mol. The van der Waals surface area contributed by atoms with Crippen molar-refractivity contribution in [3.8, 4) is 11.5 Å². The Morgan fingerprint density at radius 3 is 1.77 bits per heavy atom. The third-order valence-corrected chi connectivity index (χ3v) is 9.82. The Morgan fingerprint density at radius 1 is 0.542 bits per heavy atom. The molecule has 9 rings (SSSR count). The van der Waals surface area contributed by atoms with Crippen LogP contribution in [0, 0.1) is 0 Å². The minimum absolute atomic E-state index is 0.00443. The lowest BCUT2D eigenvalue weighted by Gasteiger charge is -2.41. The number of rotatable bonds is 4. The zero-order valence-corrected chi connectivity index (χ0v) is 27.4. The van der Waals surface area contributed by atoms with Crippen molar-refractivity contribution in [3.63, 3.8) is 0 Å². The molecule has 0 N–H and O–H groups in total. The Labute approximate surface area is 282 Å². The molecule has 48 heavy (non-hydrogen) atoms. The SMILES string of the molecule is CC(C)(C)c1cc2c3c(c1)N(c1ccccc1)c1ccccc1B3c1c(cc(N(c3ccccc3)c3ccccc3)c3ccccc13)O2. The zero-order valence-electron chi connectivity index (χ0n) is 27.4. The van der Waals surface area contributed by atoms with Gasteiger partial charge in [-0.2, -0.15) is 0 Å². The van der Waals surface area contributed by atoms with Crippen molar-refractivity contribution < 1.29 is 4.74 Å². The fraction of sp³-hybridized carbons (Fsp3) is 0.0909. The lowest BCUT2D eigenvalue weighted by molar-refractivity contribution is 0.484. The standard InChI is InChI=1S/C44H35BN2O/c1-44(2,3)30-27-39-43-40(28-30)48-41-29-38(46(31-17-7-4-8-18-31)32-19-9-5-10-20-32)34-23-13-14-24-35(34)42(41)45(43)36-25-15-16-26-37(36)47(39)33-21-11-6-12-22-33/h4-29H,1-3H3. The van der Waals surface area contributed by atoms with Gasteiger partial charge < -0.3 is 14.5 Å². The molecule has 7 aromatic rings. The third kappa shape index (κ3) is 4.44. The summed E-state index contributed by atoms with van der Waals surface area (Å²) in [7, 11) is 0. The van der Waals surface area contributed by atoms with Gasteiger partial charge in [0.15, 0.2) is 0 Å². The first kappa shape index (κ1) is 28.5. The van der Waals surface area contributed by atoms with E-state index >= 15 is 0 Å². The van der Waals surface area contributed by atoms with E-state index in [2.05, 4.69) is 188 Å². The summed E-state index contributed by atoms with van der Waals surface area (Å²) in [6, 6.07) is 56.7. The quantitative estimate of drug-likeness (QED) is 0.183. The van der Waals surface area contributed by atoms with E-state index in [0.29, 0.717) is 0 Å². The van der Waals surface area contributed by atoms with Crippen molar-refractivity contribution in [2.45, 2.75) is 26.2 Å². The molecule has 0 amide bonds. The summed E-state index contributed by atoms with van der Waals surface area (Å²) in [5.41, 5.74) is 11.7. The van der Waals surface area contributed by atoms with Crippen molar-refractivity contribution in [2.24, 2.45) is 0 Å². The van der Waals surface area contributed by atoms with Gasteiger partial charge in [-0.15, -0.1) is 0 Å². The van der Waals surface area contributed by atoms with Gasteiger partial charge in [-0.1, -0.05) is 118 Å². The number of hydrogen-bond acceptors (Lipinski definition) is 3. The molecule has 230 valence electrons. The number of ether oxygens (including phenoxy) is 1. The van der Waals surface area contributed by atoms with Gasteiger partial charge in [0.1, 0.15) is 11.5 Å². The average molecular weight is 619 g/mol. The second-order valence-electron chi connectivity index (χ2n) is 13.8. The van der Waals surface area contributed by atoms with Gasteiger partial charge >= 0.3 is 0 Å². The maximum atomic E-state index is 7.18. The third-order valence-electron chi connectivity index (χ3n) is 9.82. The summed E-state index contributed by atoms with van der Waals surface area (Å²) in [4.78, 5) is 4.78. The molecule has 0 aromatic heterocycles. The van der Waals surface area contributed by atoms with Crippen molar-refractivity contribution in [3.05, 3.63) is 163 Å². The molecule has 0 saturated carbocycles. The van der Waals surface area contributed by atoms with Crippen LogP contribution < -0.4 is 30.9 Å². The summed E-state index contributed by atoms with van der Waals surface area (Å²) in [6.07, 6.45) is 0. The van der Waals surface area contributed by atoms with Crippen LogP contribution in [0.3, 0.4) is 0 Å². The average Bonchev–Trinajstić information content (AvgIpc) is 3.12. The van der Waals surface area contributed by atoms with E-state index in [-0.39, 0.29) is 12.1 Å². The summed E-state index contributed by atoms with van der Waals surface area (Å²) in [5, 5.41) is 2.39. The first-order chi connectivity index (χ1) is 23.5. The van der Waals surface area contributed by atoms with Crippen LogP contribution in [0.2, 0.25) is 0 Å². The highest BCUT2D eigenvalue weighted by molar-refractivity contribution is 7.00. The largest absolute Gasteiger partial charge is 0.458 e. The summed E-state index contributed by atoms with van der Waals surface area (Å²) < 4.78 is 7.18. The van der Waals surface area contributed by atoms with Crippen LogP contribution in [0.4, 0.5) is 34.1 Å². The Morgan fingerprint density at radius 2 is 1.10 bits per heavy atom. The van der Waals surface area contributed by atoms with Crippen LogP contribution in [0.1, 0.15) is 26.3 Å². The van der Waals surface area contributed by atoms with E-state index in [4.69, 9.17) is 4.74 Å². The molecule has 7 aromatic carbocycles. The van der Waals surface area contributed by atoms with Gasteiger partial charge in [0, 0.05) is 39.9 Å². The van der Waals surface area contributed by atoms with Crippen LogP contribution in [-0.4, -0.2) is 6.71 Å². The number of para-hydroxylation sites is 4. The number of hydrogen-bond donors (Lipinski definition) is 0. The minimum Gasteiger partial charge on any atom is -0.458 e. The smallest absolute Gasteiger partial charge is 0.257 e. The lowest BCUT2D eigenvalue weighted by Crippen LogP contribution is -2.59. The molecule has 0 bridgehead atoms. The lowest BCUT2D eigenvalue weighted by atomic mass is 9.33. The molecule has 0 fully saturated rings. The van der Waals surface area contributed by atoms with Crippen molar-refractivity contribution in [1.29, 1.82) is 0 Å². The first-order valence-corrected chi connectivity index (χ1v) is 16.7. The molecule has 2 heterocycles. The summed E-state index contributed by atoms with van der Waals surface area (Å²) in [6.45, 7) is 6.85. The predicted octanol–water partition coefficient (Wildman–Crippen LogP) is 10.0. The Hall–Kier alpha value is -5.74. The van der Waals surface area contributed by atoms with E-state index in [1.165, 1.54) is 44.1 Å². The Balaban J connectivity index is 1.36. The van der Waals surface area contributed by atoms with E-state index < -0.39 is 0 Å². The molecule has 3 nitrogen and oxygen atoms in total. The van der Waals surface area contributed by atoms with Crippen LogP contribution >= 0.6 is 0 Å². The maximum absolute atomic E-state index is 7.18. The number of anilines is 6. The molecule has 0 atom stereocenters. The maximum Gasteiger partial charge on any atom is 0.257 e. The molecule has 0 saturated heterocycles. The number of nitrogens with zero attached hydrogens (tertiary/aromatic N) is 2.